The van der Waals surface area contributed by atoms with Crippen molar-refractivity contribution in [3.63, 3.8) is 0 Å². The van der Waals surface area contributed by atoms with Crippen molar-refractivity contribution in [2.75, 3.05) is 0 Å². The summed E-state index contributed by atoms with van der Waals surface area (Å²) < 4.78 is 77.2. The average molecular weight is 342 g/mol. The molecule has 2 N–H and O–H groups in total. The smallest absolute Gasteiger partial charge is 0.378 e. The zero-order valence-electron chi connectivity index (χ0n) is 12.5. The molecular formula is C15H16F6O2. The summed E-state index contributed by atoms with van der Waals surface area (Å²) in [6, 6.07) is 0. The van der Waals surface area contributed by atoms with Gasteiger partial charge in [-0.2, -0.15) is 26.3 Å². The Balaban J connectivity index is 3.21. The second-order valence-corrected chi connectivity index (χ2v) is 5.94. The first kappa shape index (κ1) is 19.6. The quantitative estimate of drug-likeness (QED) is 0.567. The summed E-state index contributed by atoms with van der Waals surface area (Å²) in [6.07, 6.45) is -9.02. The number of rotatable bonds is 1. The van der Waals surface area contributed by atoms with Gasteiger partial charge in [0.15, 0.2) is 0 Å². The summed E-state index contributed by atoms with van der Waals surface area (Å²) in [7, 11) is 0. The van der Waals surface area contributed by atoms with Crippen LogP contribution in [0.25, 0.3) is 0 Å². The number of hydrogen-bond donors (Lipinski definition) is 2. The van der Waals surface area contributed by atoms with Crippen LogP contribution in [0, 0.1) is 23.7 Å². The van der Waals surface area contributed by atoms with Crippen LogP contribution in [0.3, 0.4) is 0 Å². The maximum atomic E-state index is 12.9. The number of aliphatic hydroxyl groups is 2. The molecule has 0 aliphatic heterocycles. The minimum absolute atomic E-state index is 0.169. The summed E-state index contributed by atoms with van der Waals surface area (Å²) in [6.45, 7) is 3.89. The molecule has 0 saturated carbocycles. The predicted molar refractivity (Wildman–Crippen MR) is 71.0 cm³/mol. The van der Waals surface area contributed by atoms with Crippen LogP contribution in [-0.4, -0.2) is 33.8 Å². The van der Waals surface area contributed by atoms with Gasteiger partial charge in [0.25, 0.3) is 5.60 Å². The van der Waals surface area contributed by atoms with Gasteiger partial charge in [0.1, 0.15) is 5.60 Å². The fourth-order valence-corrected chi connectivity index (χ4v) is 2.19. The van der Waals surface area contributed by atoms with Crippen molar-refractivity contribution in [1.82, 2.24) is 0 Å². The molecule has 0 fully saturated rings. The van der Waals surface area contributed by atoms with Crippen LogP contribution in [0.4, 0.5) is 26.3 Å². The van der Waals surface area contributed by atoms with Crippen LogP contribution >= 0.6 is 0 Å². The molecule has 1 rings (SSSR count). The zero-order valence-corrected chi connectivity index (χ0v) is 12.5. The van der Waals surface area contributed by atoms with Crippen LogP contribution in [0.2, 0.25) is 0 Å². The monoisotopic (exact) mass is 342 g/mol. The Morgan fingerprint density at radius 2 is 1.48 bits per heavy atom. The molecule has 2 nitrogen and oxygen atoms in total. The van der Waals surface area contributed by atoms with Gasteiger partial charge in [-0.15, -0.1) is 0 Å². The molecule has 0 aromatic rings. The number of allylic oxidation sites excluding steroid dienone is 3. The molecule has 0 aromatic heterocycles. The highest BCUT2D eigenvalue weighted by atomic mass is 19.4. The highest BCUT2D eigenvalue weighted by Gasteiger charge is 2.73. The van der Waals surface area contributed by atoms with E-state index in [1.165, 1.54) is 13.8 Å². The fraction of sp³-hybridized carbons (Fsp3) is 0.600. The summed E-state index contributed by atoms with van der Waals surface area (Å²) in [4.78, 5) is 0. The second kappa shape index (κ2) is 5.87. The van der Waals surface area contributed by atoms with E-state index in [0.717, 1.165) is 19.1 Å². The third kappa shape index (κ3) is 4.09. The van der Waals surface area contributed by atoms with E-state index in [2.05, 4.69) is 11.8 Å². The standard InChI is InChI=1S/C15H16F6O2/c1-9-8-10(6-7-12(2,3)22)4-5-11(9)13(23,14(16,17)18)15(19,20)21/h4-5,8-9,11,22-23H,1-3H3. The predicted octanol–water partition coefficient (Wildman–Crippen LogP) is 3.36. The lowest BCUT2D eigenvalue weighted by Gasteiger charge is -2.40. The molecule has 8 heteroatoms. The van der Waals surface area contributed by atoms with E-state index >= 15 is 0 Å². The van der Waals surface area contributed by atoms with Gasteiger partial charge < -0.3 is 10.2 Å². The Morgan fingerprint density at radius 1 is 1.00 bits per heavy atom. The van der Waals surface area contributed by atoms with Crippen molar-refractivity contribution in [2.24, 2.45) is 11.8 Å². The SMILES string of the molecule is CC1C=C(C#CC(C)(C)O)C=CC1C(O)(C(F)(F)F)C(F)(F)F. The first-order valence-electron chi connectivity index (χ1n) is 6.61. The molecular weight excluding hydrogens is 326 g/mol. The molecule has 1 aliphatic rings. The van der Waals surface area contributed by atoms with Crippen LogP contribution in [0.1, 0.15) is 20.8 Å². The summed E-state index contributed by atoms with van der Waals surface area (Å²) in [5.74, 6) is 1.39. The number of hydrogen-bond acceptors (Lipinski definition) is 2. The summed E-state index contributed by atoms with van der Waals surface area (Å²) >= 11 is 0. The summed E-state index contributed by atoms with van der Waals surface area (Å²) in [5.41, 5.74) is -6.03. The molecule has 0 aromatic carbocycles. The van der Waals surface area contributed by atoms with Crippen LogP contribution in [-0.2, 0) is 0 Å². The highest BCUT2D eigenvalue weighted by molar-refractivity contribution is 5.43. The van der Waals surface area contributed by atoms with E-state index in [1.807, 2.05) is 0 Å². The lowest BCUT2D eigenvalue weighted by molar-refractivity contribution is -0.382. The van der Waals surface area contributed by atoms with Crippen molar-refractivity contribution in [3.8, 4) is 11.8 Å². The minimum Gasteiger partial charge on any atom is -0.378 e. The normalized spacial score (nSPS) is 23.2. The van der Waals surface area contributed by atoms with E-state index in [0.29, 0.717) is 6.08 Å². The maximum absolute atomic E-state index is 12.9. The number of halogens is 6. The molecule has 23 heavy (non-hydrogen) atoms. The molecule has 130 valence electrons. The molecule has 0 heterocycles. The Labute approximate surface area is 129 Å². The fourth-order valence-electron chi connectivity index (χ4n) is 2.19. The molecule has 0 radical (unpaired) electrons. The van der Waals surface area contributed by atoms with Crippen molar-refractivity contribution >= 4 is 0 Å². The first-order chi connectivity index (χ1) is 10.1. The largest absolute Gasteiger partial charge is 0.426 e. The van der Waals surface area contributed by atoms with Gasteiger partial charge in [-0.3, -0.25) is 0 Å². The van der Waals surface area contributed by atoms with Crippen LogP contribution < -0.4 is 0 Å². The molecule has 0 amide bonds. The van der Waals surface area contributed by atoms with Crippen molar-refractivity contribution in [3.05, 3.63) is 23.8 Å². The Hall–Kier alpha value is -1.46. The van der Waals surface area contributed by atoms with Crippen LogP contribution in [0.5, 0.6) is 0 Å². The topological polar surface area (TPSA) is 40.5 Å². The Kier molecular flexibility index (Phi) is 5.00. The lowest BCUT2D eigenvalue weighted by atomic mass is 9.74. The van der Waals surface area contributed by atoms with Crippen molar-refractivity contribution < 1.29 is 36.6 Å². The molecule has 0 bridgehead atoms. The van der Waals surface area contributed by atoms with E-state index in [4.69, 9.17) is 0 Å². The molecule has 0 spiro atoms. The molecule has 2 unspecified atom stereocenters. The second-order valence-electron chi connectivity index (χ2n) is 5.94. The van der Waals surface area contributed by atoms with Gasteiger partial charge in [-0.05, 0) is 19.8 Å². The molecule has 2 atom stereocenters. The summed E-state index contributed by atoms with van der Waals surface area (Å²) in [5, 5.41) is 18.9. The van der Waals surface area contributed by atoms with Crippen molar-refractivity contribution in [1.29, 1.82) is 0 Å². The Morgan fingerprint density at radius 3 is 1.83 bits per heavy atom. The highest BCUT2D eigenvalue weighted by Crippen LogP contribution is 2.51. The Bertz CT molecular complexity index is 552. The maximum Gasteiger partial charge on any atom is 0.426 e. The van der Waals surface area contributed by atoms with Crippen molar-refractivity contribution in [2.45, 2.75) is 44.3 Å². The van der Waals surface area contributed by atoms with E-state index in [9.17, 15) is 36.6 Å². The zero-order chi connectivity index (χ0) is 18.3. The van der Waals surface area contributed by atoms with Gasteiger partial charge in [0.2, 0.25) is 0 Å². The van der Waals surface area contributed by atoms with E-state index in [1.54, 1.807) is 0 Å². The van der Waals surface area contributed by atoms with Gasteiger partial charge in [-0.25, -0.2) is 0 Å². The third-order valence-corrected chi connectivity index (χ3v) is 3.35. The third-order valence-electron chi connectivity index (χ3n) is 3.35. The number of alkyl halides is 6. The average Bonchev–Trinajstić information content (AvgIpc) is 2.32. The van der Waals surface area contributed by atoms with Gasteiger partial charge in [-0.1, -0.05) is 37.0 Å². The van der Waals surface area contributed by atoms with Gasteiger partial charge >= 0.3 is 12.4 Å². The first-order valence-corrected chi connectivity index (χ1v) is 6.61. The molecule has 1 aliphatic carbocycles. The van der Waals surface area contributed by atoms with Gasteiger partial charge in [0.05, 0.1) is 0 Å². The van der Waals surface area contributed by atoms with E-state index < -0.39 is 35.4 Å². The van der Waals surface area contributed by atoms with E-state index in [-0.39, 0.29) is 5.57 Å². The van der Waals surface area contributed by atoms with Gasteiger partial charge in [0, 0.05) is 11.5 Å². The molecule has 0 saturated heterocycles. The lowest BCUT2D eigenvalue weighted by Crippen LogP contribution is -2.62. The minimum atomic E-state index is -5.88. The van der Waals surface area contributed by atoms with Crippen LogP contribution in [0.15, 0.2) is 23.8 Å².